The van der Waals surface area contributed by atoms with Gasteiger partial charge in [-0.15, -0.1) is 0 Å². The summed E-state index contributed by atoms with van der Waals surface area (Å²) in [6.45, 7) is 10.3. The Morgan fingerprint density at radius 3 is 2.67 bits per heavy atom. The number of benzene rings is 1. The van der Waals surface area contributed by atoms with Gasteiger partial charge in [-0.3, -0.25) is 0 Å². The van der Waals surface area contributed by atoms with Crippen molar-refractivity contribution in [1.29, 1.82) is 0 Å². The van der Waals surface area contributed by atoms with Crippen LogP contribution in [0.25, 0.3) is 0 Å². The van der Waals surface area contributed by atoms with Gasteiger partial charge >= 0.3 is 0 Å². The van der Waals surface area contributed by atoms with Gasteiger partial charge in [0, 0.05) is 31.4 Å². The Hall–Kier alpha value is -1.02. The Kier molecular flexibility index (Phi) is 6.56. The molecule has 0 saturated carbocycles. The number of fused-ring (bicyclic) bond motifs is 1. The Morgan fingerprint density at radius 2 is 1.90 bits per heavy atom. The summed E-state index contributed by atoms with van der Waals surface area (Å²) in [5, 5.41) is 3.74. The number of hydrogen-bond donors (Lipinski definition) is 1. The van der Waals surface area contributed by atoms with Gasteiger partial charge in [0.25, 0.3) is 0 Å². The molecule has 0 radical (unpaired) electrons. The van der Waals surface area contributed by atoms with Crippen LogP contribution in [0.3, 0.4) is 0 Å². The molecule has 1 aliphatic rings. The highest BCUT2D eigenvalue weighted by Crippen LogP contribution is 2.25. The van der Waals surface area contributed by atoms with Crippen molar-refractivity contribution in [2.45, 2.75) is 65.5 Å². The highest BCUT2D eigenvalue weighted by atomic mass is 15.2. The quantitative estimate of drug-likeness (QED) is 0.738. The normalized spacial score (nSPS) is 18.7. The van der Waals surface area contributed by atoms with Crippen molar-refractivity contribution >= 4 is 5.69 Å². The van der Waals surface area contributed by atoms with Gasteiger partial charge in [-0.1, -0.05) is 64.7 Å². The third-order valence-electron chi connectivity index (χ3n) is 4.64. The average molecular weight is 288 g/mol. The lowest BCUT2D eigenvalue weighted by molar-refractivity contribution is 0.402. The van der Waals surface area contributed by atoms with Gasteiger partial charge < -0.3 is 10.2 Å². The Balaban J connectivity index is 2.00. The van der Waals surface area contributed by atoms with E-state index in [4.69, 9.17) is 0 Å². The largest absolute Gasteiger partial charge is 0.370 e. The zero-order chi connectivity index (χ0) is 15.1. The van der Waals surface area contributed by atoms with Gasteiger partial charge in [-0.05, 0) is 24.0 Å². The predicted octanol–water partition coefficient (Wildman–Crippen LogP) is 4.59. The van der Waals surface area contributed by atoms with Gasteiger partial charge in [-0.2, -0.15) is 0 Å². The minimum atomic E-state index is 0.591. The molecule has 1 N–H and O–H groups in total. The lowest BCUT2D eigenvalue weighted by Gasteiger charge is -2.29. The van der Waals surface area contributed by atoms with Crippen LogP contribution >= 0.6 is 0 Å². The molecule has 0 fully saturated rings. The SMILES string of the molecule is CCCCCCCN1CC(C(C)C)NCc2ccccc21. The Bertz CT molecular complexity index is 414. The van der Waals surface area contributed by atoms with Crippen LogP contribution in [0.5, 0.6) is 0 Å². The molecule has 1 heterocycles. The fourth-order valence-corrected chi connectivity index (χ4v) is 3.17. The molecule has 1 aromatic carbocycles. The molecule has 0 aromatic heterocycles. The van der Waals surface area contributed by atoms with Gasteiger partial charge in [-0.25, -0.2) is 0 Å². The molecule has 1 atom stereocenters. The molecule has 0 aliphatic carbocycles. The van der Waals surface area contributed by atoms with E-state index in [0.29, 0.717) is 12.0 Å². The third-order valence-corrected chi connectivity index (χ3v) is 4.64. The van der Waals surface area contributed by atoms with E-state index in [1.807, 2.05) is 0 Å². The van der Waals surface area contributed by atoms with E-state index in [9.17, 15) is 0 Å². The lowest BCUT2D eigenvalue weighted by atomic mass is 10.0. The molecule has 118 valence electrons. The second kappa shape index (κ2) is 8.43. The molecule has 0 spiro atoms. The maximum absolute atomic E-state index is 3.74. The molecule has 2 heteroatoms. The monoisotopic (exact) mass is 288 g/mol. The number of para-hydroxylation sites is 1. The molecule has 1 aliphatic heterocycles. The summed E-state index contributed by atoms with van der Waals surface area (Å²) in [6, 6.07) is 9.50. The number of hydrogen-bond acceptors (Lipinski definition) is 2. The molecule has 1 aromatic rings. The second-order valence-electron chi connectivity index (χ2n) is 6.72. The van der Waals surface area contributed by atoms with E-state index in [2.05, 4.69) is 55.3 Å². The number of nitrogens with zero attached hydrogens (tertiary/aromatic N) is 1. The average Bonchev–Trinajstić information content (AvgIpc) is 2.67. The van der Waals surface area contributed by atoms with Gasteiger partial charge in [0.2, 0.25) is 0 Å². The highest BCUT2D eigenvalue weighted by molar-refractivity contribution is 5.54. The number of unbranched alkanes of at least 4 members (excludes halogenated alkanes) is 4. The molecular weight excluding hydrogens is 256 g/mol. The number of nitrogens with one attached hydrogen (secondary N) is 1. The summed E-state index contributed by atoms with van der Waals surface area (Å²) in [5.41, 5.74) is 2.90. The zero-order valence-electron chi connectivity index (χ0n) is 14.1. The fraction of sp³-hybridized carbons (Fsp3) is 0.684. The molecule has 0 bridgehead atoms. The standard InChI is InChI=1S/C19H32N2/c1-4-5-6-7-10-13-21-15-18(16(2)3)20-14-17-11-8-9-12-19(17)21/h8-9,11-12,16,18,20H,4-7,10,13-15H2,1-3H3. The van der Waals surface area contributed by atoms with Crippen LogP contribution in [0.15, 0.2) is 24.3 Å². The summed E-state index contributed by atoms with van der Waals surface area (Å²) >= 11 is 0. The van der Waals surface area contributed by atoms with Crippen LogP contribution in [0.1, 0.15) is 58.4 Å². The number of anilines is 1. The minimum absolute atomic E-state index is 0.591. The molecule has 1 unspecified atom stereocenters. The van der Waals surface area contributed by atoms with E-state index in [1.54, 1.807) is 0 Å². The van der Waals surface area contributed by atoms with E-state index in [1.165, 1.54) is 49.9 Å². The van der Waals surface area contributed by atoms with Crippen LogP contribution in [0.2, 0.25) is 0 Å². The smallest absolute Gasteiger partial charge is 0.0412 e. The van der Waals surface area contributed by atoms with E-state index >= 15 is 0 Å². The second-order valence-corrected chi connectivity index (χ2v) is 6.72. The third kappa shape index (κ3) is 4.74. The van der Waals surface area contributed by atoms with Gasteiger partial charge in [0.1, 0.15) is 0 Å². The van der Waals surface area contributed by atoms with Crippen molar-refractivity contribution in [1.82, 2.24) is 5.32 Å². The van der Waals surface area contributed by atoms with Crippen LogP contribution in [0.4, 0.5) is 5.69 Å². The summed E-state index contributed by atoms with van der Waals surface area (Å²) in [5.74, 6) is 0.682. The van der Waals surface area contributed by atoms with Crippen molar-refractivity contribution in [3.8, 4) is 0 Å². The summed E-state index contributed by atoms with van der Waals surface area (Å²) in [4.78, 5) is 2.62. The predicted molar refractivity (Wildman–Crippen MR) is 92.9 cm³/mol. The van der Waals surface area contributed by atoms with Crippen molar-refractivity contribution in [3.05, 3.63) is 29.8 Å². The Labute approximate surface area is 130 Å². The topological polar surface area (TPSA) is 15.3 Å². The van der Waals surface area contributed by atoms with Crippen LogP contribution in [-0.4, -0.2) is 19.1 Å². The van der Waals surface area contributed by atoms with Crippen molar-refractivity contribution in [2.75, 3.05) is 18.0 Å². The maximum atomic E-state index is 3.74. The molecule has 0 amide bonds. The molecule has 0 saturated heterocycles. The Morgan fingerprint density at radius 1 is 1.14 bits per heavy atom. The lowest BCUT2D eigenvalue weighted by Crippen LogP contribution is -2.42. The number of rotatable bonds is 7. The fourth-order valence-electron chi connectivity index (χ4n) is 3.17. The minimum Gasteiger partial charge on any atom is -0.370 e. The maximum Gasteiger partial charge on any atom is 0.0412 e. The highest BCUT2D eigenvalue weighted by Gasteiger charge is 2.22. The summed E-state index contributed by atoms with van der Waals surface area (Å²) in [6.07, 6.45) is 6.78. The van der Waals surface area contributed by atoms with Crippen LogP contribution < -0.4 is 10.2 Å². The van der Waals surface area contributed by atoms with Crippen molar-refractivity contribution in [3.63, 3.8) is 0 Å². The first kappa shape index (κ1) is 16.4. The molecular formula is C19H32N2. The van der Waals surface area contributed by atoms with E-state index in [0.717, 1.165) is 13.1 Å². The first-order valence-corrected chi connectivity index (χ1v) is 8.78. The van der Waals surface area contributed by atoms with E-state index in [-0.39, 0.29) is 0 Å². The van der Waals surface area contributed by atoms with Gasteiger partial charge in [0.05, 0.1) is 0 Å². The van der Waals surface area contributed by atoms with Crippen molar-refractivity contribution < 1.29 is 0 Å². The first-order valence-electron chi connectivity index (χ1n) is 8.78. The molecule has 2 nitrogen and oxygen atoms in total. The first-order chi connectivity index (χ1) is 10.2. The van der Waals surface area contributed by atoms with Gasteiger partial charge in [0.15, 0.2) is 0 Å². The van der Waals surface area contributed by atoms with Crippen molar-refractivity contribution in [2.24, 2.45) is 5.92 Å². The van der Waals surface area contributed by atoms with Crippen LogP contribution in [-0.2, 0) is 6.54 Å². The summed E-state index contributed by atoms with van der Waals surface area (Å²) < 4.78 is 0. The van der Waals surface area contributed by atoms with Crippen LogP contribution in [0, 0.1) is 5.92 Å². The molecule has 21 heavy (non-hydrogen) atoms. The summed E-state index contributed by atoms with van der Waals surface area (Å²) in [7, 11) is 0. The van der Waals surface area contributed by atoms with E-state index < -0.39 is 0 Å². The molecule has 2 rings (SSSR count). The zero-order valence-corrected chi connectivity index (χ0v) is 14.1.